The van der Waals surface area contributed by atoms with Crippen LogP contribution in [0.25, 0.3) is 0 Å². The van der Waals surface area contributed by atoms with Gasteiger partial charge in [-0.15, -0.1) is 10.2 Å². The molecule has 0 saturated heterocycles. The third-order valence-electron chi connectivity index (χ3n) is 1.88. The molecule has 88 valence electrons. The number of aromatic amines is 1. The Labute approximate surface area is 95.4 Å². The Balaban J connectivity index is 1.85. The number of hydrogen-bond acceptors (Lipinski definition) is 4. The van der Waals surface area contributed by atoms with Gasteiger partial charge >= 0.3 is 6.03 Å². The van der Waals surface area contributed by atoms with Gasteiger partial charge in [0, 0.05) is 5.69 Å². The number of urea groups is 1. The second kappa shape index (κ2) is 5.01. The van der Waals surface area contributed by atoms with Gasteiger partial charge in [0.25, 0.3) is 0 Å². The highest BCUT2D eigenvalue weighted by atomic mass is 19.1. The molecule has 17 heavy (non-hydrogen) atoms. The van der Waals surface area contributed by atoms with E-state index in [-0.39, 0.29) is 6.54 Å². The van der Waals surface area contributed by atoms with Gasteiger partial charge in [0.05, 0.1) is 6.54 Å². The zero-order valence-electron chi connectivity index (χ0n) is 8.64. The predicted octanol–water partition coefficient (Wildman–Crippen LogP) is 0.660. The molecule has 3 N–H and O–H groups in total. The van der Waals surface area contributed by atoms with Gasteiger partial charge in [0.15, 0.2) is 5.82 Å². The van der Waals surface area contributed by atoms with E-state index >= 15 is 0 Å². The molecule has 0 unspecified atom stereocenters. The maximum absolute atomic E-state index is 12.8. The number of carbonyl (C=O) groups is 1. The molecule has 0 aliphatic rings. The van der Waals surface area contributed by atoms with Crippen molar-refractivity contribution >= 4 is 11.7 Å². The highest BCUT2D eigenvalue weighted by molar-refractivity contribution is 5.89. The number of amides is 2. The Kier molecular flexibility index (Phi) is 3.24. The zero-order chi connectivity index (χ0) is 12.1. The lowest BCUT2D eigenvalue weighted by molar-refractivity contribution is 0.251. The Morgan fingerprint density at radius 1 is 1.47 bits per heavy atom. The number of halogens is 1. The lowest BCUT2D eigenvalue weighted by atomic mass is 10.3. The molecule has 0 fully saturated rings. The van der Waals surface area contributed by atoms with Crippen molar-refractivity contribution in [1.29, 1.82) is 0 Å². The first-order valence-electron chi connectivity index (χ1n) is 4.77. The molecule has 8 heteroatoms. The summed E-state index contributed by atoms with van der Waals surface area (Å²) in [5.74, 6) is -0.0552. The van der Waals surface area contributed by atoms with E-state index in [1.54, 1.807) is 6.07 Å². The van der Waals surface area contributed by atoms with E-state index in [1.165, 1.54) is 18.2 Å². The largest absolute Gasteiger partial charge is 0.330 e. The first-order valence-corrected chi connectivity index (χ1v) is 4.77. The topological polar surface area (TPSA) is 95.6 Å². The number of tetrazole rings is 1. The maximum Gasteiger partial charge on any atom is 0.319 e. The fourth-order valence-electron chi connectivity index (χ4n) is 1.16. The fourth-order valence-corrected chi connectivity index (χ4v) is 1.16. The third kappa shape index (κ3) is 3.23. The van der Waals surface area contributed by atoms with E-state index in [2.05, 4.69) is 31.3 Å². The second-order valence-corrected chi connectivity index (χ2v) is 3.15. The Morgan fingerprint density at radius 3 is 3.06 bits per heavy atom. The number of aromatic nitrogens is 4. The smallest absolute Gasteiger partial charge is 0.319 e. The van der Waals surface area contributed by atoms with E-state index in [4.69, 9.17) is 0 Å². The van der Waals surface area contributed by atoms with Gasteiger partial charge in [-0.3, -0.25) is 0 Å². The van der Waals surface area contributed by atoms with Gasteiger partial charge in [-0.25, -0.2) is 9.18 Å². The summed E-state index contributed by atoms with van der Waals surface area (Å²) >= 11 is 0. The lowest BCUT2D eigenvalue weighted by Crippen LogP contribution is -2.28. The summed E-state index contributed by atoms with van der Waals surface area (Å²) in [5, 5.41) is 17.9. The molecule has 2 aromatic rings. The standard InChI is InChI=1S/C9H9FN6O/c10-6-2-1-3-7(4-6)12-9(17)11-5-8-13-15-16-14-8/h1-4H,5H2,(H2,11,12,17)(H,13,14,15,16). The average molecular weight is 236 g/mol. The molecule has 0 aliphatic heterocycles. The van der Waals surface area contributed by atoms with Gasteiger partial charge in [0.1, 0.15) is 5.82 Å². The van der Waals surface area contributed by atoms with Gasteiger partial charge < -0.3 is 10.6 Å². The van der Waals surface area contributed by atoms with Gasteiger partial charge in [-0.1, -0.05) is 11.3 Å². The highest BCUT2D eigenvalue weighted by Gasteiger charge is 2.04. The van der Waals surface area contributed by atoms with E-state index in [0.29, 0.717) is 11.5 Å². The predicted molar refractivity (Wildman–Crippen MR) is 56.4 cm³/mol. The molecule has 0 atom stereocenters. The molecule has 0 spiro atoms. The van der Waals surface area contributed by atoms with Crippen LogP contribution in [0.5, 0.6) is 0 Å². The quantitative estimate of drug-likeness (QED) is 0.729. The summed E-state index contributed by atoms with van der Waals surface area (Å²) in [6.07, 6.45) is 0. The van der Waals surface area contributed by atoms with Crippen LogP contribution < -0.4 is 10.6 Å². The Bertz CT molecular complexity index is 500. The zero-order valence-corrected chi connectivity index (χ0v) is 8.64. The average Bonchev–Trinajstić information content (AvgIpc) is 2.79. The minimum absolute atomic E-state index is 0.137. The SMILES string of the molecule is O=C(NCc1nn[nH]n1)Nc1cccc(F)c1. The summed E-state index contributed by atoms with van der Waals surface area (Å²) in [7, 11) is 0. The molecule has 1 aromatic heterocycles. The minimum atomic E-state index is -0.472. The number of rotatable bonds is 3. The van der Waals surface area contributed by atoms with Gasteiger partial charge in [-0.05, 0) is 18.2 Å². The minimum Gasteiger partial charge on any atom is -0.330 e. The molecule has 0 saturated carbocycles. The first kappa shape index (κ1) is 11.0. The van der Waals surface area contributed by atoms with Crippen LogP contribution in [0.4, 0.5) is 14.9 Å². The van der Waals surface area contributed by atoms with E-state index in [0.717, 1.165) is 0 Å². The molecule has 0 aliphatic carbocycles. The monoisotopic (exact) mass is 236 g/mol. The molecule has 0 bridgehead atoms. The van der Waals surface area contributed by atoms with Crippen molar-refractivity contribution in [2.45, 2.75) is 6.54 Å². The number of benzene rings is 1. The summed E-state index contributed by atoms with van der Waals surface area (Å²) in [5.41, 5.74) is 0.371. The van der Waals surface area contributed by atoms with E-state index < -0.39 is 11.8 Å². The van der Waals surface area contributed by atoms with Gasteiger partial charge in [0.2, 0.25) is 0 Å². The van der Waals surface area contributed by atoms with Crippen molar-refractivity contribution in [3.63, 3.8) is 0 Å². The molecule has 1 heterocycles. The van der Waals surface area contributed by atoms with E-state index in [9.17, 15) is 9.18 Å². The maximum atomic E-state index is 12.8. The number of carbonyl (C=O) groups excluding carboxylic acids is 1. The van der Waals surface area contributed by atoms with Crippen LogP contribution in [-0.2, 0) is 6.54 Å². The molecule has 2 amide bonds. The molecule has 7 nitrogen and oxygen atoms in total. The van der Waals surface area contributed by atoms with Crippen LogP contribution in [0, 0.1) is 5.82 Å². The van der Waals surface area contributed by atoms with Crippen molar-refractivity contribution in [2.24, 2.45) is 0 Å². The van der Waals surface area contributed by atoms with Crippen LogP contribution in [0.1, 0.15) is 5.82 Å². The van der Waals surface area contributed by atoms with Crippen LogP contribution in [0.2, 0.25) is 0 Å². The van der Waals surface area contributed by atoms with E-state index in [1.807, 2.05) is 0 Å². The number of nitrogens with zero attached hydrogens (tertiary/aromatic N) is 3. The summed E-state index contributed by atoms with van der Waals surface area (Å²) in [4.78, 5) is 11.4. The summed E-state index contributed by atoms with van der Waals surface area (Å²) in [6.45, 7) is 0.137. The van der Waals surface area contributed by atoms with Crippen molar-refractivity contribution < 1.29 is 9.18 Å². The van der Waals surface area contributed by atoms with Crippen molar-refractivity contribution in [3.8, 4) is 0 Å². The molecule has 2 rings (SSSR count). The van der Waals surface area contributed by atoms with Gasteiger partial charge in [-0.2, -0.15) is 5.21 Å². The Hall–Kier alpha value is -2.51. The van der Waals surface area contributed by atoms with Crippen LogP contribution in [0.3, 0.4) is 0 Å². The van der Waals surface area contributed by atoms with Crippen LogP contribution in [-0.4, -0.2) is 26.7 Å². The third-order valence-corrected chi connectivity index (χ3v) is 1.88. The van der Waals surface area contributed by atoms with Crippen LogP contribution in [0.15, 0.2) is 24.3 Å². The van der Waals surface area contributed by atoms with Crippen molar-refractivity contribution in [3.05, 3.63) is 35.9 Å². The molecular formula is C9H9FN6O. The van der Waals surface area contributed by atoms with Crippen molar-refractivity contribution in [1.82, 2.24) is 25.9 Å². The normalized spacial score (nSPS) is 9.94. The number of nitrogens with one attached hydrogen (secondary N) is 3. The number of hydrogen-bond donors (Lipinski definition) is 3. The van der Waals surface area contributed by atoms with Crippen molar-refractivity contribution in [2.75, 3.05) is 5.32 Å². The molecule has 0 radical (unpaired) electrons. The highest BCUT2D eigenvalue weighted by Crippen LogP contribution is 2.08. The van der Waals surface area contributed by atoms with Crippen LogP contribution >= 0.6 is 0 Å². The number of H-pyrrole nitrogens is 1. The lowest BCUT2D eigenvalue weighted by Gasteiger charge is -2.05. The first-order chi connectivity index (χ1) is 8.24. The summed E-state index contributed by atoms with van der Waals surface area (Å²) in [6, 6.07) is 5.12. The Morgan fingerprint density at radius 2 is 2.35 bits per heavy atom. The number of anilines is 1. The molecular weight excluding hydrogens is 227 g/mol. The molecule has 1 aromatic carbocycles. The summed E-state index contributed by atoms with van der Waals surface area (Å²) < 4.78 is 12.8. The second-order valence-electron chi connectivity index (χ2n) is 3.15. The fraction of sp³-hybridized carbons (Fsp3) is 0.111.